The lowest BCUT2D eigenvalue weighted by Crippen LogP contribution is -2.42. The van der Waals surface area contributed by atoms with E-state index in [0.717, 1.165) is 39.6 Å². The van der Waals surface area contributed by atoms with Gasteiger partial charge in [-0.3, -0.25) is 4.79 Å². The molecular formula is C18H23N3O2S3. The van der Waals surface area contributed by atoms with Gasteiger partial charge in [0.2, 0.25) is 5.91 Å². The summed E-state index contributed by atoms with van der Waals surface area (Å²) in [6, 6.07) is 8.40. The van der Waals surface area contributed by atoms with Crippen molar-refractivity contribution in [3.05, 3.63) is 29.8 Å². The normalized spacial score (nSPS) is 17.3. The van der Waals surface area contributed by atoms with Crippen molar-refractivity contribution in [3.8, 4) is 5.75 Å². The average molecular weight is 410 g/mol. The summed E-state index contributed by atoms with van der Waals surface area (Å²) in [6.07, 6.45) is 3.45. The average Bonchev–Trinajstić information content (AvgIpc) is 3.13. The molecule has 0 aliphatic carbocycles. The maximum atomic E-state index is 12.4. The Morgan fingerprint density at radius 2 is 1.96 bits per heavy atom. The minimum absolute atomic E-state index is 0.213. The smallest absolute Gasteiger partial charge is 0.233 e. The monoisotopic (exact) mass is 409 g/mol. The number of hydrogen-bond acceptors (Lipinski definition) is 7. The Balaban J connectivity index is 1.46. The molecule has 2 heterocycles. The Morgan fingerprint density at radius 1 is 1.23 bits per heavy atom. The second-order valence-electron chi connectivity index (χ2n) is 6.19. The van der Waals surface area contributed by atoms with Gasteiger partial charge in [-0.2, -0.15) is 0 Å². The second-order valence-corrected chi connectivity index (χ2v) is 9.61. The molecule has 1 aliphatic heterocycles. The molecule has 140 valence electrons. The Labute approximate surface area is 166 Å². The molecule has 5 nitrogen and oxygen atoms in total. The molecule has 8 heteroatoms. The van der Waals surface area contributed by atoms with E-state index in [2.05, 4.69) is 29.3 Å². The summed E-state index contributed by atoms with van der Waals surface area (Å²) in [5.41, 5.74) is 1.22. The minimum Gasteiger partial charge on any atom is -0.497 e. The molecule has 3 rings (SSSR count). The fourth-order valence-corrected chi connectivity index (χ4v) is 5.72. The number of nitrogens with zero attached hydrogens (tertiary/aromatic N) is 3. The molecule has 1 aliphatic rings. The molecular weight excluding hydrogens is 386 g/mol. The number of hydrogen-bond donors (Lipinski definition) is 0. The SMILES string of the molecule is COc1ccc(CSc2nnc(SCC(=O)N3CCCCC3C)s2)cc1. The van der Waals surface area contributed by atoms with Gasteiger partial charge in [-0.1, -0.05) is 47.0 Å². The summed E-state index contributed by atoms with van der Waals surface area (Å²) in [4.78, 5) is 14.4. The van der Waals surface area contributed by atoms with Crippen LogP contribution in [-0.4, -0.2) is 46.5 Å². The van der Waals surface area contributed by atoms with Gasteiger partial charge in [0.1, 0.15) is 5.75 Å². The van der Waals surface area contributed by atoms with E-state index in [1.54, 1.807) is 30.2 Å². The number of carbonyl (C=O) groups is 1. The summed E-state index contributed by atoms with van der Waals surface area (Å²) in [5, 5.41) is 8.44. The molecule has 0 N–H and O–H groups in total. The summed E-state index contributed by atoms with van der Waals surface area (Å²) < 4.78 is 6.96. The maximum absolute atomic E-state index is 12.4. The van der Waals surface area contributed by atoms with Crippen molar-refractivity contribution in [2.24, 2.45) is 0 Å². The van der Waals surface area contributed by atoms with E-state index in [-0.39, 0.29) is 5.91 Å². The molecule has 0 saturated carbocycles. The topological polar surface area (TPSA) is 55.3 Å². The first-order valence-electron chi connectivity index (χ1n) is 8.67. The van der Waals surface area contributed by atoms with Crippen LogP contribution in [0.3, 0.4) is 0 Å². The summed E-state index contributed by atoms with van der Waals surface area (Å²) in [5.74, 6) is 2.36. The third-order valence-electron chi connectivity index (χ3n) is 4.35. The largest absolute Gasteiger partial charge is 0.497 e. The number of amides is 1. The van der Waals surface area contributed by atoms with Gasteiger partial charge in [0.15, 0.2) is 8.68 Å². The van der Waals surface area contributed by atoms with Gasteiger partial charge in [0, 0.05) is 18.3 Å². The van der Waals surface area contributed by atoms with E-state index in [4.69, 9.17) is 4.74 Å². The fourth-order valence-electron chi connectivity index (χ4n) is 2.86. The predicted octanol–water partition coefficient (Wildman–Crippen LogP) is 4.33. The van der Waals surface area contributed by atoms with Gasteiger partial charge in [0.05, 0.1) is 12.9 Å². The Kier molecular flexibility index (Phi) is 7.22. The molecule has 26 heavy (non-hydrogen) atoms. The predicted molar refractivity (Wildman–Crippen MR) is 108 cm³/mol. The zero-order valence-corrected chi connectivity index (χ0v) is 17.5. The van der Waals surface area contributed by atoms with Crippen LogP contribution in [0, 0.1) is 0 Å². The van der Waals surface area contributed by atoms with Crippen LogP contribution < -0.4 is 4.74 Å². The van der Waals surface area contributed by atoms with Crippen LogP contribution in [0.25, 0.3) is 0 Å². The molecule has 1 amide bonds. The van der Waals surface area contributed by atoms with E-state index in [9.17, 15) is 4.79 Å². The van der Waals surface area contributed by atoms with Crippen LogP contribution in [0.1, 0.15) is 31.7 Å². The van der Waals surface area contributed by atoms with Crippen LogP contribution in [0.5, 0.6) is 5.75 Å². The van der Waals surface area contributed by atoms with Gasteiger partial charge in [-0.15, -0.1) is 10.2 Å². The Hall–Kier alpha value is -1.25. The minimum atomic E-state index is 0.213. The van der Waals surface area contributed by atoms with Crippen LogP contribution in [0.2, 0.25) is 0 Å². The molecule has 1 aromatic carbocycles. The van der Waals surface area contributed by atoms with Crippen LogP contribution >= 0.6 is 34.9 Å². The second kappa shape index (κ2) is 9.62. The summed E-state index contributed by atoms with van der Waals surface area (Å²) >= 11 is 4.72. The zero-order chi connectivity index (χ0) is 18.4. The lowest BCUT2D eigenvalue weighted by molar-refractivity contribution is -0.131. The van der Waals surface area contributed by atoms with Gasteiger partial charge in [0.25, 0.3) is 0 Å². The third kappa shape index (κ3) is 5.37. The van der Waals surface area contributed by atoms with Gasteiger partial charge in [-0.25, -0.2) is 0 Å². The first-order valence-corrected chi connectivity index (χ1v) is 11.5. The van der Waals surface area contributed by atoms with Crippen molar-refractivity contribution in [3.63, 3.8) is 0 Å². The number of piperidine rings is 1. The van der Waals surface area contributed by atoms with Crippen molar-refractivity contribution >= 4 is 40.8 Å². The van der Waals surface area contributed by atoms with E-state index in [1.165, 1.54) is 23.7 Å². The molecule has 1 aromatic heterocycles. The van der Waals surface area contributed by atoms with Gasteiger partial charge < -0.3 is 9.64 Å². The van der Waals surface area contributed by atoms with Crippen molar-refractivity contribution in [2.45, 2.75) is 46.7 Å². The number of benzene rings is 1. The molecule has 1 saturated heterocycles. The molecule has 0 bridgehead atoms. The standard InChI is InChI=1S/C18H23N3O2S3/c1-13-5-3-4-10-21(13)16(22)12-25-18-20-19-17(26-18)24-11-14-6-8-15(23-2)9-7-14/h6-9,13H,3-5,10-12H2,1-2H3. The fraction of sp³-hybridized carbons (Fsp3) is 0.500. The quantitative estimate of drug-likeness (QED) is 0.635. The number of likely N-dealkylation sites (tertiary alicyclic amines) is 1. The number of methoxy groups -OCH3 is 1. The highest BCUT2D eigenvalue weighted by atomic mass is 32.2. The number of carbonyl (C=O) groups excluding carboxylic acids is 1. The Morgan fingerprint density at radius 3 is 2.65 bits per heavy atom. The number of rotatable bonds is 7. The van der Waals surface area contributed by atoms with Crippen LogP contribution in [0.4, 0.5) is 0 Å². The lowest BCUT2D eigenvalue weighted by Gasteiger charge is -2.33. The Bertz CT molecular complexity index is 721. The highest BCUT2D eigenvalue weighted by Crippen LogP contribution is 2.31. The van der Waals surface area contributed by atoms with Crippen molar-refractivity contribution in [2.75, 3.05) is 19.4 Å². The number of aromatic nitrogens is 2. The molecule has 1 unspecified atom stereocenters. The zero-order valence-electron chi connectivity index (χ0n) is 15.0. The maximum Gasteiger partial charge on any atom is 0.233 e. The number of ether oxygens (including phenoxy) is 1. The van der Waals surface area contributed by atoms with Gasteiger partial charge >= 0.3 is 0 Å². The van der Waals surface area contributed by atoms with E-state index in [0.29, 0.717) is 11.8 Å². The van der Waals surface area contributed by atoms with Gasteiger partial charge in [-0.05, 0) is 43.9 Å². The molecule has 0 radical (unpaired) electrons. The number of thioether (sulfide) groups is 2. The first-order chi connectivity index (χ1) is 12.7. The van der Waals surface area contributed by atoms with Crippen molar-refractivity contribution in [1.29, 1.82) is 0 Å². The molecule has 2 aromatic rings. The first kappa shape index (κ1) is 19.5. The lowest BCUT2D eigenvalue weighted by atomic mass is 10.0. The third-order valence-corrected chi connectivity index (χ3v) is 7.60. The van der Waals surface area contributed by atoms with Crippen molar-refractivity contribution in [1.82, 2.24) is 15.1 Å². The van der Waals surface area contributed by atoms with E-state index in [1.807, 2.05) is 17.0 Å². The van der Waals surface area contributed by atoms with Crippen molar-refractivity contribution < 1.29 is 9.53 Å². The molecule has 1 atom stereocenters. The molecule has 0 spiro atoms. The van der Waals surface area contributed by atoms with Crippen LogP contribution in [0.15, 0.2) is 32.9 Å². The van der Waals surface area contributed by atoms with Crippen LogP contribution in [-0.2, 0) is 10.5 Å². The van der Waals surface area contributed by atoms with E-state index >= 15 is 0 Å². The highest BCUT2D eigenvalue weighted by molar-refractivity contribution is 8.03. The molecule has 1 fully saturated rings. The summed E-state index contributed by atoms with van der Waals surface area (Å²) in [6.45, 7) is 3.03. The summed E-state index contributed by atoms with van der Waals surface area (Å²) in [7, 11) is 1.67. The highest BCUT2D eigenvalue weighted by Gasteiger charge is 2.23. The van der Waals surface area contributed by atoms with E-state index < -0.39 is 0 Å².